The molecule has 0 aromatic heterocycles. The molecule has 1 fully saturated rings. The number of aryl methyl sites for hydroxylation is 1. The van der Waals surface area contributed by atoms with Gasteiger partial charge < -0.3 is 5.73 Å². The molecule has 1 saturated heterocycles. The molecule has 4 nitrogen and oxygen atoms in total. The Hall–Kier alpha value is -0.690. The Bertz CT molecular complexity index is 530. The molecule has 1 unspecified atom stereocenters. The summed E-state index contributed by atoms with van der Waals surface area (Å²) in [5.74, 6) is -0.697. The van der Waals surface area contributed by atoms with Gasteiger partial charge in [0.1, 0.15) is 10.7 Å². The predicted octanol–water partition coefficient (Wildman–Crippen LogP) is 1.67. The molecule has 1 heterocycles. The first kappa shape index (κ1) is 16.4. The van der Waals surface area contributed by atoms with E-state index in [0.29, 0.717) is 12.1 Å². The van der Waals surface area contributed by atoms with E-state index in [4.69, 9.17) is 5.73 Å². The van der Waals surface area contributed by atoms with Gasteiger partial charge >= 0.3 is 0 Å². The van der Waals surface area contributed by atoms with E-state index >= 15 is 0 Å². The summed E-state index contributed by atoms with van der Waals surface area (Å²) in [7, 11) is -3.78. The van der Waals surface area contributed by atoms with E-state index in [1.54, 1.807) is 13.0 Å². The fourth-order valence-electron chi connectivity index (χ4n) is 2.42. The Kier molecular flexibility index (Phi) is 5.32. The minimum absolute atomic E-state index is 0. The summed E-state index contributed by atoms with van der Waals surface area (Å²) in [6, 6.07) is 4.07. The lowest BCUT2D eigenvalue weighted by molar-refractivity contribution is 0.390. The van der Waals surface area contributed by atoms with Crippen LogP contribution in [0.3, 0.4) is 0 Å². The van der Waals surface area contributed by atoms with Gasteiger partial charge in [0.2, 0.25) is 10.0 Å². The average molecular weight is 309 g/mol. The Morgan fingerprint density at radius 2 is 2.16 bits per heavy atom. The number of rotatable bonds is 3. The maximum absolute atomic E-state index is 13.8. The SMILES string of the molecule is Cc1cccc(F)c1S(=O)(=O)N1CCCC1CN.Cl. The highest BCUT2D eigenvalue weighted by Gasteiger charge is 2.36. The molecular weight excluding hydrogens is 291 g/mol. The highest BCUT2D eigenvalue weighted by atomic mass is 35.5. The largest absolute Gasteiger partial charge is 0.329 e. The zero-order valence-electron chi connectivity index (χ0n) is 10.7. The van der Waals surface area contributed by atoms with E-state index in [0.717, 1.165) is 12.8 Å². The third-order valence-corrected chi connectivity index (χ3v) is 5.46. The molecule has 0 amide bonds. The second-order valence-corrected chi connectivity index (χ2v) is 6.36. The van der Waals surface area contributed by atoms with Crippen LogP contribution in [0.4, 0.5) is 4.39 Å². The third-order valence-electron chi connectivity index (χ3n) is 3.33. The maximum Gasteiger partial charge on any atom is 0.246 e. The summed E-state index contributed by atoms with van der Waals surface area (Å²) in [6.07, 6.45) is 1.51. The first-order chi connectivity index (χ1) is 8.48. The number of halogens is 2. The van der Waals surface area contributed by atoms with Crippen molar-refractivity contribution in [3.05, 3.63) is 29.6 Å². The number of nitrogens with zero attached hydrogens (tertiary/aromatic N) is 1. The highest BCUT2D eigenvalue weighted by molar-refractivity contribution is 7.89. The molecule has 2 rings (SSSR count). The normalized spacial score (nSPS) is 20.3. The number of sulfonamides is 1. The standard InChI is InChI=1S/C12H17FN2O2S.ClH/c1-9-4-2-6-11(13)12(9)18(16,17)15-7-3-5-10(15)8-14;/h2,4,6,10H,3,5,7-8,14H2,1H3;1H. The van der Waals surface area contributed by atoms with Crippen molar-refractivity contribution >= 4 is 22.4 Å². The minimum atomic E-state index is -3.78. The Morgan fingerprint density at radius 1 is 1.47 bits per heavy atom. The van der Waals surface area contributed by atoms with Crippen LogP contribution >= 0.6 is 12.4 Å². The quantitative estimate of drug-likeness (QED) is 0.924. The highest BCUT2D eigenvalue weighted by Crippen LogP contribution is 2.28. The van der Waals surface area contributed by atoms with Gasteiger partial charge in [0.25, 0.3) is 0 Å². The molecule has 1 aliphatic heterocycles. The van der Waals surface area contributed by atoms with Gasteiger partial charge in [-0.3, -0.25) is 0 Å². The average Bonchev–Trinajstić information content (AvgIpc) is 2.77. The number of benzene rings is 1. The van der Waals surface area contributed by atoms with Gasteiger partial charge in [-0.05, 0) is 31.4 Å². The molecule has 0 aliphatic carbocycles. The zero-order valence-corrected chi connectivity index (χ0v) is 12.3. The lowest BCUT2D eigenvalue weighted by Gasteiger charge is -2.23. The van der Waals surface area contributed by atoms with Crippen molar-refractivity contribution in [2.24, 2.45) is 5.73 Å². The molecule has 0 saturated carbocycles. The van der Waals surface area contributed by atoms with Gasteiger partial charge in [0, 0.05) is 19.1 Å². The van der Waals surface area contributed by atoms with Crippen LogP contribution in [0.2, 0.25) is 0 Å². The van der Waals surface area contributed by atoms with Crippen molar-refractivity contribution in [3.63, 3.8) is 0 Å². The van der Waals surface area contributed by atoms with Crippen LogP contribution in [-0.4, -0.2) is 31.9 Å². The van der Waals surface area contributed by atoms with Crippen LogP contribution in [0, 0.1) is 12.7 Å². The molecule has 108 valence electrons. The van der Waals surface area contributed by atoms with E-state index in [2.05, 4.69) is 0 Å². The van der Waals surface area contributed by atoms with E-state index in [-0.39, 0.29) is 29.9 Å². The van der Waals surface area contributed by atoms with Gasteiger partial charge in [-0.25, -0.2) is 12.8 Å². The van der Waals surface area contributed by atoms with Crippen LogP contribution < -0.4 is 5.73 Å². The van der Waals surface area contributed by atoms with E-state index < -0.39 is 15.8 Å². The van der Waals surface area contributed by atoms with Crippen molar-refractivity contribution in [2.75, 3.05) is 13.1 Å². The van der Waals surface area contributed by atoms with E-state index in [1.807, 2.05) is 0 Å². The van der Waals surface area contributed by atoms with Crippen molar-refractivity contribution in [3.8, 4) is 0 Å². The van der Waals surface area contributed by atoms with Gasteiger partial charge in [0.15, 0.2) is 0 Å². The molecule has 0 spiro atoms. The van der Waals surface area contributed by atoms with Crippen LogP contribution in [0.5, 0.6) is 0 Å². The number of hydrogen-bond acceptors (Lipinski definition) is 3. The molecule has 1 aromatic rings. The van der Waals surface area contributed by atoms with Gasteiger partial charge in [-0.2, -0.15) is 4.31 Å². The van der Waals surface area contributed by atoms with Crippen LogP contribution in [-0.2, 0) is 10.0 Å². The van der Waals surface area contributed by atoms with Gasteiger partial charge in [0.05, 0.1) is 0 Å². The van der Waals surface area contributed by atoms with Crippen molar-refractivity contribution in [1.82, 2.24) is 4.31 Å². The Labute approximate surface area is 119 Å². The smallest absolute Gasteiger partial charge is 0.246 e. The third kappa shape index (κ3) is 2.91. The molecule has 1 aliphatic rings. The molecule has 1 aromatic carbocycles. The second kappa shape index (κ2) is 6.17. The molecule has 0 radical (unpaired) electrons. The lowest BCUT2D eigenvalue weighted by Crippen LogP contribution is -2.40. The fourth-order valence-corrected chi connectivity index (χ4v) is 4.40. The molecule has 19 heavy (non-hydrogen) atoms. The predicted molar refractivity (Wildman–Crippen MR) is 74.4 cm³/mol. The minimum Gasteiger partial charge on any atom is -0.329 e. The summed E-state index contributed by atoms with van der Waals surface area (Å²) >= 11 is 0. The Balaban J connectivity index is 0.00000180. The molecule has 1 atom stereocenters. The lowest BCUT2D eigenvalue weighted by atomic mass is 10.2. The maximum atomic E-state index is 13.8. The molecule has 7 heteroatoms. The van der Waals surface area contributed by atoms with E-state index in [9.17, 15) is 12.8 Å². The van der Waals surface area contributed by atoms with Gasteiger partial charge in [-0.15, -0.1) is 12.4 Å². The van der Waals surface area contributed by atoms with Crippen LogP contribution in [0.1, 0.15) is 18.4 Å². The Morgan fingerprint density at radius 3 is 2.74 bits per heavy atom. The summed E-state index contributed by atoms with van der Waals surface area (Å²) in [5.41, 5.74) is 6.00. The summed E-state index contributed by atoms with van der Waals surface area (Å²) in [4.78, 5) is -0.217. The zero-order chi connectivity index (χ0) is 13.3. The number of hydrogen-bond donors (Lipinski definition) is 1. The fraction of sp³-hybridized carbons (Fsp3) is 0.500. The molecule has 0 bridgehead atoms. The summed E-state index contributed by atoms with van der Waals surface area (Å²) in [6.45, 7) is 2.29. The van der Waals surface area contributed by atoms with Crippen molar-refractivity contribution in [2.45, 2.75) is 30.7 Å². The topological polar surface area (TPSA) is 63.4 Å². The van der Waals surface area contributed by atoms with Crippen LogP contribution in [0.15, 0.2) is 23.1 Å². The second-order valence-electron chi connectivity index (χ2n) is 4.53. The number of nitrogens with two attached hydrogens (primary N) is 1. The monoisotopic (exact) mass is 308 g/mol. The first-order valence-corrected chi connectivity index (χ1v) is 7.39. The van der Waals surface area contributed by atoms with E-state index in [1.165, 1.54) is 16.4 Å². The van der Waals surface area contributed by atoms with Gasteiger partial charge in [-0.1, -0.05) is 12.1 Å². The molecule has 2 N–H and O–H groups in total. The van der Waals surface area contributed by atoms with Crippen molar-refractivity contribution in [1.29, 1.82) is 0 Å². The summed E-state index contributed by atoms with van der Waals surface area (Å²) < 4.78 is 40.1. The summed E-state index contributed by atoms with van der Waals surface area (Å²) in [5, 5.41) is 0. The van der Waals surface area contributed by atoms with Crippen molar-refractivity contribution < 1.29 is 12.8 Å². The molecular formula is C12H18ClFN2O2S. The first-order valence-electron chi connectivity index (χ1n) is 5.95. The van der Waals surface area contributed by atoms with Crippen LogP contribution in [0.25, 0.3) is 0 Å².